The van der Waals surface area contributed by atoms with Gasteiger partial charge in [-0.3, -0.25) is 9.59 Å². The van der Waals surface area contributed by atoms with E-state index >= 15 is 0 Å². The molecule has 0 heterocycles. The number of amides is 2. The molecule has 0 spiro atoms. The zero-order valence-electron chi connectivity index (χ0n) is 26.1. The van der Waals surface area contributed by atoms with Crippen molar-refractivity contribution in [1.29, 1.82) is 0 Å². The summed E-state index contributed by atoms with van der Waals surface area (Å²) < 4.78 is 11.2. The predicted octanol–water partition coefficient (Wildman–Crippen LogP) is 7.38. The fourth-order valence-electron chi connectivity index (χ4n) is 4.50. The maximum Gasteiger partial charge on any atom is 0.345 e. The fourth-order valence-corrected chi connectivity index (χ4v) is 4.93. The maximum atomic E-state index is 13.3. The number of carbonyl (C=O) groups excluding carboxylic acids is 3. The first-order valence-electron chi connectivity index (χ1n) is 14.9. The molecule has 0 atom stereocenters. The highest BCUT2D eigenvalue weighted by Gasteiger charge is 2.18. The molecular weight excluding hydrogens is 639 g/mol. The molecule has 2 amide bonds. The summed E-state index contributed by atoms with van der Waals surface area (Å²) in [5, 5.41) is 7.26. The van der Waals surface area contributed by atoms with Gasteiger partial charge in [0.15, 0.2) is 11.5 Å². The minimum atomic E-state index is -0.662. The van der Waals surface area contributed by atoms with E-state index in [1.807, 2.05) is 24.3 Å². The van der Waals surface area contributed by atoms with Gasteiger partial charge in [-0.25, -0.2) is 10.2 Å². The van der Waals surface area contributed by atoms with E-state index in [1.54, 1.807) is 79.7 Å². The van der Waals surface area contributed by atoms with Gasteiger partial charge < -0.3 is 19.7 Å². The van der Waals surface area contributed by atoms with E-state index in [4.69, 9.17) is 32.7 Å². The Morgan fingerprint density at radius 3 is 2.02 bits per heavy atom. The third-order valence-corrected chi connectivity index (χ3v) is 7.55. The number of nitrogens with zero attached hydrogens (tertiary/aromatic N) is 2. The van der Waals surface area contributed by atoms with Crippen LogP contribution in [0.1, 0.15) is 52.6 Å². The summed E-state index contributed by atoms with van der Waals surface area (Å²) in [6.07, 6.45) is 2.95. The molecule has 0 bridgehead atoms. The smallest absolute Gasteiger partial charge is 0.345 e. The summed E-state index contributed by atoms with van der Waals surface area (Å²) in [5.41, 5.74) is 5.13. The third kappa shape index (κ3) is 9.45. The number of benzene rings is 4. The molecule has 0 unspecified atom stereocenters. The molecule has 0 aliphatic carbocycles. The van der Waals surface area contributed by atoms with Gasteiger partial charge in [0.2, 0.25) is 0 Å². The van der Waals surface area contributed by atoms with Crippen molar-refractivity contribution in [2.75, 3.05) is 24.6 Å². The van der Waals surface area contributed by atoms with Crippen molar-refractivity contribution in [3.63, 3.8) is 0 Å². The van der Waals surface area contributed by atoms with Crippen molar-refractivity contribution in [2.45, 2.75) is 20.8 Å². The lowest BCUT2D eigenvalue weighted by molar-refractivity contribution is -0.117. The monoisotopic (exact) mass is 672 g/mol. The van der Waals surface area contributed by atoms with E-state index in [0.717, 1.165) is 18.8 Å². The second kappa shape index (κ2) is 17.0. The van der Waals surface area contributed by atoms with Crippen LogP contribution in [0.5, 0.6) is 11.5 Å². The van der Waals surface area contributed by atoms with Crippen molar-refractivity contribution in [3.05, 3.63) is 129 Å². The highest BCUT2D eigenvalue weighted by molar-refractivity contribution is 6.34. The van der Waals surface area contributed by atoms with Crippen molar-refractivity contribution >= 4 is 59.0 Å². The zero-order chi connectivity index (χ0) is 33.8. The molecule has 0 saturated carbocycles. The van der Waals surface area contributed by atoms with Gasteiger partial charge in [0, 0.05) is 18.8 Å². The molecule has 4 aromatic rings. The first-order valence-corrected chi connectivity index (χ1v) is 15.7. The molecule has 4 aromatic carbocycles. The number of hydrogen-bond donors (Lipinski definition) is 2. The van der Waals surface area contributed by atoms with Crippen LogP contribution in [0.25, 0.3) is 6.08 Å². The number of anilines is 1. The van der Waals surface area contributed by atoms with Crippen LogP contribution in [0.3, 0.4) is 0 Å². The van der Waals surface area contributed by atoms with Gasteiger partial charge in [0.1, 0.15) is 5.70 Å². The lowest BCUT2D eigenvalue weighted by Gasteiger charge is -2.21. The lowest BCUT2D eigenvalue weighted by Crippen LogP contribution is -2.33. The second-order valence-electron chi connectivity index (χ2n) is 9.96. The molecule has 47 heavy (non-hydrogen) atoms. The largest absolute Gasteiger partial charge is 0.490 e. The van der Waals surface area contributed by atoms with Crippen LogP contribution in [0, 0.1) is 0 Å². The summed E-state index contributed by atoms with van der Waals surface area (Å²) in [7, 11) is 0. The molecule has 4 rings (SSSR count). The Hall–Kier alpha value is -5.12. The number of hydrogen-bond acceptors (Lipinski definition) is 7. The average molecular weight is 674 g/mol. The number of rotatable bonds is 13. The van der Waals surface area contributed by atoms with Gasteiger partial charge >= 0.3 is 5.97 Å². The van der Waals surface area contributed by atoms with Crippen molar-refractivity contribution in [2.24, 2.45) is 5.10 Å². The molecular formula is C36H34Cl2N4O5. The highest BCUT2D eigenvalue weighted by Crippen LogP contribution is 2.30. The molecule has 9 nitrogen and oxygen atoms in total. The van der Waals surface area contributed by atoms with Gasteiger partial charge in [-0.05, 0) is 92.6 Å². The number of ether oxygens (including phenoxy) is 2. The van der Waals surface area contributed by atoms with Gasteiger partial charge in [-0.1, -0.05) is 59.6 Å². The van der Waals surface area contributed by atoms with Crippen LogP contribution in [-0.4, -0.2) is 43.7 Å². The molecule has 0 radical (unpaired) electrons. The molecule has 242 valence electrons. The second-order valence-corrected chi connectivity index (χ2v) is 10.8. The van der Waals surface area contributed by atoms with Crippen LogP contribution < -0.4 is 25.1 Å². The van der Waals surface area contributed by atoms with Gasteiger partial charge in [-0.15, -0.1) is 0 Å². The Morgan fingerprint density at radius 2 is 1.40 bits per heavy atom. The van der Waals surface area contributed by atoms with Crippen LogP contribution >= 0.6 is 23.2 Å². The summed E-state index contributed by atoms with van der Waals surface area (Å²) >= 11 is 12.4. The summed E-state index contributed by atoms with van der Waals surface area (Å²) in [5.74, 6) is -1.36. The number of halogens is 2. The Bertz CT molecular complexity index is 1790. The normalized spacial score (nSPS) is 11.2. The molecule has 0 fully saturated rings. The Balaban J connectivity index is 1.54. The Kier molecular flexibility index (Phi) is 12.6. The molecule has 0 aromatic heterocycles. The van der Waals surface area contributed by atoms with Crippen LogP contribution in [0.15, 0.2) is 102 Å². The van der Waals surface area contributed by atoms with E-state index in [-0.39, 0.29) is 32.6 Å². The maximum absolute atomic E-state index is 13.3. The third-order valence-electron chi connectivity index (χ3n) is 6.89. The van der Waals surface area contributed by atoms with E-state index in [2.05, 4.69) is 34.6 Å². The summed E-state index contributed by atoms with van der Waals surface area (Å²) in [4.78, 5) is 41.3. The van der Waals surface area contributed by atoms with Gasteiger partial charge in [0.05, 0.1) is 34.0 Å². The topological polar surface area (TPSA) is 109 Å². The minimum absolute atomic E-state index is 0.0421. The molecule has 2 N–H and O–H groups in total. The van der Waals surface area contributed by atoms with Gasteiger partial charge in [0.25, 0.3) is 11.8 Å². The van der Waals surface area contributed by atoms with Crippen LogP contribution in [0.2, 0.25) is 10.0 Å². The SMILES string of the molecule is CCOc1cc(/C=N\NC(=O)/C(=C\c2ccc(N(CC)CC)cc2)NC(=O)c2ccccc2Cl)ccc1OC(=O)c1ccccc1Cl. The van der Waals surface area contributed by atoms with E-state index in [1.165, 1.54) is 6.21 Å². The minimum Gasteiger partial charge on any atom is -0.490 e. The van der Waals surface area contributed by atoms with Crippen LogP contribution in [0.4, 0.5) is 5.69 Å². The van der Waals surface area contributed by atoms with Crippen LogP contribution in [-0.2, 0) is 4.79 Å². The molecule has 0 saturated heterocycles. The van der Waals surface area contributed by atoms with E-state index < -0.39 is 17.8 Å². The van der Waals surface area contributed by atoms with Gasteiger partial charge in [-0.2, -0.15) is 5.10 Å². The molecule has 11 heteroatoms. The standard InChI is InChI=1S/C36H34Cl2N4O5/c1-4-42(5-2)26-18-15-24(16-19-26)21-31(40-34(43)27-11-7-9-13-29(27)37)35(44)41-39-23-25-17-20-32(33(22-25)46-6-3)47-36(45)28-12-8-10-14-30(28)38/h7-23H,4-6H2,1-3H3,(H,40,43)(H,41,44)/b31-21+,39-23-. The first kappa shape index (κ1) is 34.7. The number of esters is 1. The molecule has 0 aliphatic rings. The number of hydrazone groups is 1. The van der Waals surface area contributed by atoms with E-state index in [0.29, 0.717) is 23.5 Å². The first-order chi connectivity index (χ1) is 22.7. The quantitative estimate of drug-likeness (QED) is 0.0504. The number of carbonyl (C=O) groups is 3. The Morgan fingerprint density at radius 1 is 0.787 bits per heavy atom. The summed E-state index contributed by atoms with van der Waals surface area (Å²) in [6.45, 7) is 7.97. The zero-order valence-corrected chi connectivity index (χ0v) is 27.6. The Labute approximate surface area is 283 Å². The van der Waals surface area contributed by atoms with Crippen molar-refractivity contribution in [3.8, 4) is 11.5 Å². The molecule has 0 aliphatic heterocycles. The lowest BCUT2D eigenvalue weighted by atomic mass is 10.1. The van der Waals surface area contributed by atoms with Crippen molar-refractivity contribution in [1.82, 2.24) is 10.7 Å². The van der Waals surface area contributed by atoms with Crippen molar-refractivity contribution < 1.29 is 23.9 Å². The predicted molar refractivity (Wildman–Crippen MR) is 187 cm³/mol. The number of nitrogens with one attached hydrogen (secondary N) is 2. The average Bonchev–Trinajstić information content (AvgIpc) is 3.07. The fraction of sp³-hybridized carbons (Fsp3) is 0.167. The highest BCUT2D eigenvalue weighted by atomic mass is 35.5. The van der Waals surface area contributed by atoms with E-state index in [9.17, 15) is 14.4 Å². The summed E-state index contributed by atoms with van der Waals surface area (Å²) in [6, 6.07) is 25.6.